The summed E-state index contributed by atoms with van der Waals surface area (Å²) in [5, 5.41) is 7.63. The summed E-state index contributed by atoms with van der Waals surface area (Å²) in [4.78, 5) is 4.47. The molecule has 2 N–H and O–H groups in total. The minimum absolute atomic E-state index is 0.340. The van der Waals surface area contributed by atoms with Crippen LogP contribution in [0.15, 0.2) is 4.99 Å². The van der Waals surface area contributed by atoms with Crippen molar-refractivity contribution in [3.8, 4) is 0 Å². The van der Waals surface area contributed by atoms with Gasteiger partial charge in [0, 0.05) is 53.0 Å². The number of ether oxygens (including phenoxy) is 1. The standard InChI is InChI=1S/C19H35N3O2S/c1-4-24-17-13-16(19(17)10-7-11-19)22-18(20-3)21-14-8-6-9-15(12-14)25(23)5-2/h14-17H,4-13H2,1-3H3,(H2,20,21,22). The number of hydrogen-bond acceptors (Lipinski definition) is 3. The van der Waals surface area contributed by atoms with E-state index in [0.717, 1.165) is 50.4 Å². The van der Waals surface area contributed by atoms with Gasteiger partial charge in [-0.2, -0.15) is 0 Å². The molecular formula is C19H35N3O2S. The second-order valence-corrected chi connectivity index (χ2v) is 9.84. The van der Waals surface area contributed by atoms with Crippen LogP contribution in [0.25, 0.3) is 0 Å². The lowest BCUT2D eigenvalue weighted by Crippen LogP contribution is -2.69. The molecule has 0 aromatic heterocycles. The Morgan fingerprint density at radius 2 is 2.00 bits per heavy atom. The molecule has 1 spiro atoms. The summed E-state index contributed by atoms with van der Waals surface area (Å²) < 4.78 is 18.1. The zero-order valence-corrected chi connectivity index (χ0v) is 16.9. The third-order valence-corrected chi connectivity index (χ3v) is 8.34. The molecule has 3 saturated carbocycles. The Hall–Kier alpha value is -0.620. The average molecular weight is 370 g/mol. The summed E-state index contributed by atoms with van der Waals surface area (Å²) in [6.07, 6.45) is 9.78. The van der Waals surface area contributed by atoms with Crippen LogP contribution in [0.4, 0.5) is 0 Å². The van der Waals surface area contributed by atoms with Crippen molar-refractivity contribution < 1.29 is 8.95 Å². The highest BCUT2D eigenvalue weighted by Crippen LogP contribution is 2.57. The first-order valence-electron chi connectivity index (χ1n) is 10.1. The maximum absolute atomic E-state index is 12.2. The normalized spacial score (nSPS) is 35.6. The first kappa shape index (κ1) is 19.2. The molecule has 3 fully saturated rings. The predicted octanol–water partition coefficient (Wildman–Crippen LogP) is 2.58. The molecule has 0 aromatic carbocycles. The zero-order chi connectivity index (χ0) is 17.9. The molecule has 0 aliphatic heterocycles. The molecule has 5 unspecified atom stereocenters. The molecule has 0 heterocycles. The van der Waals surface area contributed by atoms with Crippen LogP contribution in [0.5, 0.6) is 0 Å². The van der Waals surface area contributed by atoms with E-state index in [9.17, 15) is 4.21 Å². The number of guanidine groups is 1. The van der Waals surface area contributed by atoms with Gasteiger partial charge in [-0.25, -0.2) is 0 Å². The van der Waals surface area contributed by atoms with Crippen molar-refractivity contribution in [3.05, 3.63) is 0 Å². The first-order chi connectivity index (χ1) is 12.1. The van der Waals surface area contributed by atoms with Crippen molar-refractivity contribution in [1.82, 2.24) is 10.6 Å². The molecule has 3 rings (SSSR count). The van der Waals surface area contributed by atoms with Gasteiger partial charge < -0.3 is 15.4 Å². The Morgan fingerprint density at radius 3 is 2.60 bits per heavy atom. The van der Waals surface area contributed by atoms with E-state index >= 15 is 0 Å². The van der Waals surface area contributed by atoms with Gasteiger partial charge in [-0.3, -0.25) is 9.20 Å². The maximum Gasteiger partial charge on any atom is 0.191 e. The number of hydrogen-bond donors (Lipinski definition) is 2. The molecule has 0 amide bonds. The summed E-state index contributed by atoms with van der Waals surface area (Å²) in [6.45, 7) is 4.93. The van der Waals surface area contributed by atoms with Gasteiger partial charge in [0.25, 0.3) is 0 Å². The second kappa shape index (κ2) is 8.38. The highest BCUT2D eigenvalue weighted by atomic mass is 32.2. The van der Waals surface area contributed by atoms with E-state index < -0.39 is 10.8 Å². The van der Waals surface area contributed by atoms with E-state index in [-0.39, 0.29) is 0 Å². The van der Waals surface area contributed by atoms with Gasteiger partial charge in [-0.1, -0.05) is 19.8 Å². The molecule has 0 bridgehead atoms. The zero-order valence-electron chi connectivity index (χ0n) is 16.1. The fraction of sp³-hybridized carbons (Fsp3) is 0.947. The van der Waals surface area contributed by atoms with E-state index in [0.29, 0.717) is 28.9 Å². The van der Waals surface area contributed by atoms with Crippen molar-refractivity contribution in [2.24, 2.45) is 10.4 Å². The molecule has 0 aromatic rings. The molecular weight excluding hydrogens is 334 g/mol. The van der Waals surface area contributed by atoms with Gasteiger partial charge in [0.2, 0.25) is 0 Å². The van der Waals surface area contributed by atoms with Crippen molar-refractivity contribution in [1.29, 1.82) is 0 Å². The molecule has 0 radical (unpaired) electrons. The first-order valence-corrected chi connectivity index (χ1v) is 11.5. The lowest BCUT2D eigenvalue weighted by Gasteiger charge is -2.61. The fourth-order valence-electron chi connectivity index (χ4n) is 4.92. The maximum atomic E-state index is 12.2. The largest absolute Gasteiger partial charge is 0.378 e. The van der Waals surface area contributed by atoms with Crippen molar-refractivity contribution in [2.45, 2.75) is 88.7 Å². The summed E-state index contributed by atoms with van der Waals surface area (Å²) >= 11 is 0. The SMILES string of the molecule is CCOC1CC(NC(=NC)NC2CCCC(S(=O)CC)C2)C12CCC2. The van der Waals surface area contributed by atoms with Crippen molar-refractivity contribution in [3.63, 3.8) is 0 Å². The Kier molecular flexibility index (Phi) is 6.42. The molecule has 3 aliphatic rings. The topological polar surface area (TPSA) is 62.7 Å². The van der Waals surface area contributed by atoms with E-state index in [2.05, 4.69) is 22.5 Å². The Labute approximate surface area is 155 Å². The highest BCUT2D eigenvalue weighted by molar-refractivity contribution is 7.85. The van der Waals surface area contributed by atoms with Crippen LogP contribution in [-0.2, 0) is 15.5 Å². The molecule has 6 heteroatoms. The van der Waals surface area contributed by atoms with Crippen LogP contribution in [0.2, 0.25) is 0 Å². The third kappa shape index (κ3) is 3.90. The van der Waals surface area contributed by atoms with Crippen LogP contribution < -0.4 is 10.6 Å². The van der Waals surface area contributed by atoms with Gasteiger partial charge in [0.05, 0.1) is 6.10 Å². The minimum atomic E-state index is -0.681. The van der Waals surface area contributed by atoms with E-state index in [1.54, 1.807) is 0 Å². The van der Waals surface area contributed by atoms with E-state index in [1.165, 1.54) is 19.3 Å². The lowest BCUT2D eigenvalue weighted by molar-refractivity contribution is -0.168. The summed E-state index contributed by atoms with van der Waals surface area (Å²) in [6, 6.07) is 0.869. The highest BCUT2D eigenvalue weighted by Gasteiger charge is 2.59. The number of nitrogens with zero attached hydrogens (tertiary/aromatic N) is 1. The molecule has 5 atom stereocenters. The number of rotatable bonds is 6. The van der Waals surface area contributed by atoms with E-state index in [1.807, 2.05) is 14.0 Å². The van der Waals surface area contributed by atoms with Crippen molar-refractivity contribution in [2.75, 3.05) is 19.4 Å². The number of nitrogens with one attached hydrogen (secondary N) is 2. The minimum Gasteiger partial charge on any atom is -0.378 e. The van der Waals surface area contributed by atoms with Crippen molar-refractivity contribution >= 4 is 16.8 Å². The van der Waals surface area contributed by atoms with Crippen LogP contribution in [0.3, 0.4) is 0 Å². The fourth-order valence-corrected chi connectivity index (χ4v) is 6.27. The van der Waals surface area contributed by atoms with Gasteiger partial charge in [-0.15, -0.1) is 0 Å². The molecule has 144 valence electrons. The molecule has 0 saturated heterocycles. The van der Waals surface area contributed by atoms with Gasteiger partial charge in [0.15, 0.2) is 5.96 Å². The number of aliphatic imine (C=N–C) groups is 1. The predicted molar refractivity (Wildman–Crippen MR) is 104 cm³/mol. The molecule has 25 heavy (non-hydrogen) atoms. The van der Waals surface area contributed by atoms with E-state index in [4.69, 9.17) is 4.74 Å². The van der Waals surface area contributed by atoms with Gasteiger partial charge >= 0.3 is 0 Å². The van der Waals surface area contributed by atoms with Crippen LogP contribution in [0, 0.1) is 5.41 Å². The lowest BCUT2D eigenvalue weighted by atomic mass is 9.51. The van der Waals surface area contributed by atoms with Crippen LogP contribution in [-0.4, -0.2) is 53.0 Å². The monoisotopic (exact) mass is 369 g/mol. The van der Waals surface area contributed by atoms with Gasteiger partial charge in [-0.05, 0) is 45.4 Å². The van der Waals surface area contributed by atoms with Gasteiger partial charge in [0.1, 0.15) is 0 Å². The van der Waals surface area contributed by atoms with Crippen LogP contribution in [0.1, 0.15) is 65.2 Å². The smallest absolute Gasteiger partial charge is 0.191 e. The Balaban J connectivity index is 1.53. The Morgan fingerprint density at radius 1 is 1.20 bits per heavy atom. The molecule has 5 nitrogen and oxygen atoms in total. The third-order valence-electron chi connectivity index (χ3n) is 6.60. The summed E-state index contributed by atoms with van der Waals surface area (Å²) in [5.74, 6) is 1.69. The summed E-state index contributed by atoms with van der Waals surface area (Å²) in [7, 11) is 1.17. The average Bonchev–Trinajstić information content (AvgIpc) is 2.57. The Bertz CT molecular complexity index is 507. The van der Waals surface area contributed by atoms with Crippen LogP contribution >= 0.6 is 0 Å². The quantitative estimate of drug-likeness (QED) is 0.558. The molecule has 3 aliphatic carbocycles. The second-order valence-electron chi connectivity index (χ2n) is 7.83. The summed E-state index contributed by atoms with van der Waals surface area (Å²) in [5.41, 5.74) is 0.340.